The molecule has 29 heavy (non-hydrogen) atoms. The molecule has 1 unspecified atom stereocenters. The summed E-state index contributed by atoms with van der Waals surface area (Å²) in [5.74, 6) is -0.120. The zero-order valence-electron chi connectivity index (χ0n) is 16.3. The van der Waals surface area contributed by atoms with Crippen LogP contribution in [0.3, 0.4) is 0 Å². The van der Waals surface area contributed by atoms with Crippen molar-refractivity contribution in [1.29, 1.82) is 0 Å². The van der Waals surface area contributed by atoms with E-state index in [2.05, 4.69) is 14.8 Å². The molecule has 1 aromatic carbocycles. The van der Waals surface area contributed by atoms with Crippen molar-refractivity contribution in [2.45, 2.75) is 31.2 Å². The lowest BCUT2D eigenvalue weighted by Crippen LogP contribution is -2.53. The minimum absolute atomic E-state index is 0.122. The van der Waals surface area contributed by atoms with Crippen LogP contribution in [0.5, 0.6) is 0 Å². The van der Waals surface area contributed by atoms with Gasteiger partial charge < -0.3 is 14.5 Å². The standard InChI is InChI=1S/C22H25FN4O2/c23-18-3-1-17(2-4-18)13-25-14-20(28)27-16-22(29-21(27)15-25)7-11-26(12-8-22)19-5-9-24-10-6-19/h1-6,9-10,21H,7-8,11-16H2. The van der Waals surface area contributed by atoms with Gasteiger partial charge in [-0.1, -0.05) is 12.1 Å². The number of ether oxygens (including phenoxy) is 1. The lowest BCUT2D eigenvalue weighted by molar-refractivity contribution is -0.149. The highest BCUT2D eigenvalue weighted by Gasteiger charge is 2.50. The second-order valence-corrected chi connectivity index (χ2v) is 8.27. The van der Waals surface area contributed by atoms with Crippen molar-refractivity contribution in [3.05, 3.63) is 60.2 Å². The summed E-state index contributed by atoms with van der Waals surface area (Å²) in [5.41, 5.74) is 1.95. The first-order valence-electron chi connectivity index (χ1n) is 10.2. The molecule has 1 atom stereocenters. The van der Waals surface area contributed by atoms with Gasteiger partial charge in [0.15, 0.2) is 0 Å². The Morgan fingerprint density at radius 3 is 2.55 bits per heavy atom. The van der Waals surface area contributed by atoms with Crippen LogP contribution < -0.4 is 4.90 Å². The number of halogens is 1. The van der Waals surface area contributed by atoms with E-state index in [1.165, 1.54) is 17.8 Å². The summed E-state index contributed by atoms with van der Waals surface area (Å²) in [6.45, 7) is 4.22. The van der Waals surface area contributed by atoms with Gasteiger partial charge in [-0.15, -0.1) is 0 Å². The van der Waals surface area contributed by atoms with Gasteiger partial charge in [-0.3, -0.25) is 14.7 Å². The fourth-order valence-electron chi connectivity index (χ4n) is 4.73. The van der Waals surface area contributed by atoms with E-state index in [0.29, 0.717) is 26.2 Å². The number of piperidine rings is 1. The molecule has 3 saturated heterocycles. The Morgan fingerprint density at radius 2 is 1.83 bits per heavy atom. The third-order valence-corrected chi connectivity index (χ3v) is 6.31. The second-order valence-electron chi connectivity index (χ2n) is 8.27. The fraction of sp³-hybridized carbons (Fsp3) is 0.455. The highest BCUT2D eigenvalue weighted by Crippen LogP contribution is 2.38. The van der Waals surface area contributed by atoms with Crippen LogP contribution in [0.2, 0.25) is 0 Å². The number of fused-ring (bicyclic) bond motifs is 1. The highest BCUT2D eigenvalue weighted by atomic mass is 19.1. The Balaban J connectivity index is 1.22. The quantitative estimate of drug-likeness (QED) is 0.797. The summed E-state index contributed by atoms with van der Waals surface area (Å²) in [7, 11) is 0. The number of carbonyl (C=O) groups excluding carboxylic acids is 1. The molecule has 1 spiro atoms. The molecule has 3 aliphatic rings. The van der Waals surface area contributed by atoms with Gasteiger partial charge in [0.2, 0.25) is 5.91 Å². The van der Waals surface area contributed by atoms with Crippen LogP contribution in [-0.2, 0) is 16.1 Å². The van der Waals surface area contributed by atoms with Crippen molar-refractivity contribution in [3.8, 4) is 0 Å². The van der Waals surface area contributed by atoms with Crippen molar-refractivity contribution in [1.82, 2.24) is 14.8 Å². The number of carbonyl (C=O) groups is 1. The maximum Gasteiger partial charge on any atom is 0.238 e. The summed E-state index contributed by atoms with van der Waals surface area (Å²) < 4.78 is 19.6. The van der Waals surface area contributed by atoms with Gasteiger partial charge in [-0.25, -0.2) is 4.39 Å². The minimum atomic E-state index is -0.242. The molecule has 0 radical (unpaired) electrons. The van der Waals surface area contributed by atoms with E-state index >= 15 is 0 Å². The van der Waals surface area contributed by atoms with Gasteiger partial charge in [-0.2, -0.15) is 0 Å². The van der Waals surface area contributed by atoms with Crippen molar-refractivity contribution in [2.75, 3.05) is 37.6 Å². The summed E-state index contributed by atoms with van der Waals surface area (Å²) in [4.78, 5) is 23.2. The molecule has 0 aliphatic carbocycles. The lowest BCUT2D eigenvalue weighted by Gasteiger charge is -2.39. The van der Waals surface area contributed by atoms with E-state index in [-0.39, 0.29) is 23.6 Å². The topological polar surface area (TPSA) is 48.9 Å². The molecule has 0 N–H and O–H groups in total. The zero-order valence-corrected chi connectivity index (χ0v) is 16.3. The number of rotatable bonds is 3. The number of pyridine rings is 1. The number of nitrogens with zero attached hydrogens (tertiary/aromatic N) is 4. The van der Waals surface area contributed by atoms with Gasteiger partial charge in [0.05, 0.1) is 18.7 Å². The van der Waals surface area contributed by atoms with Crippen LogP contribution in [0.1, 0.15) is 18.4 Å². The average Bonchev–Trinajstić information content (AvgIpc) is 3.09. The van der Waals surface area contributed by atoms with Crippen molar-refractivity contribution < 1.29 is 13.9 Å². The molecule has 152 valence electrons. The smallest absolute Gasteiger partial charge is 0.238 e. The number of benzene rings is 1. The van der Waals surface area contributed by atoms with Gasteiger partial charge in [0.1, 0.15) is 12.0 Å². The number of piperazine rings is 1. The predicted octanol–water partition coefficient (Wildman–Crippen LogP) is 2.26. The van der Waals surface area contributed by atoms with Crippen LogP contribution in [0.25, 0.3) is 0 Å². The molecule has 0 bridgehead atoms. The van der Waals surface area contributed by atoms with Gasteiger partial charge >= 0.3 is 0 Å². The molecule has 6 nitrogen and oxygen atoms in total. The monoisotopic (exact) mass is 396 g/mol. The summed E-state index contributed by atoms with van der Waals surface area (Å²) in [5, 5.41) is 0. The van der Waals surface area contributed by atoms with Crippen molar-refractivity contribution >= 4 is 11.6 Å². The Hall–Kier alpha value is -2.51. The molecule has 3 aliphatic heterocycles. The summed E-state index contributed by atoms with van der Waals surface area (Å²) in [6.07, 6.45) is 5.27. The van der Waals surface area contributed by atoms with Crippen LogP contribution in [0.4, 0.5) is 10.1 Å². The maximum atomic E-state index is 13.1. The molecule has 5 rings (SSSR count). The number of hydrogen-bond acceptors (Lipinski definition) is 5. The van der Waals surface area contributed by atoms with Crippen molar-refractivity contribution in [2.24, 2.45) is 0 Å². The van der Waals surface area contributed by atoms with Crippen LogP contribution in [0.15, 0.2) is 48.8 Å². The minimum Gasteiger partial charge on any atom is -0.371 e. The molecule has 4 heterocycles. The molecule has 1 amide bonds. The van der Waals surface area contributed by atoms with Crippen LogP contribution >= 0.6 is 0 Å². The number of hydrogen-bond donors (Lipinski definition) is 0. The Morgan fingerprint density at radius 1 is 1.10 bits per heavy atom. The Bertz CT molecular complexity index is 868. The van der Waals surface area contributed by atoms with E-state index in [4.69, 9.17) is 4.74 Å². The molecule has 0 saturated carbocycles. The normalized spacial score (nSPS) is 24.2. The molecular weight excluding hydrogens is 371 g/mol. The summed E-state index contributed by atoms with van der Waals surface area (Å²) >= 11 is 0. The Labute approximate surface area is 169 Å². The SMILES string of the molecule is O=C1CN(Cc2ccc(F)cc2)CC2OC3(CCN(c4ccncc4)CC3)CN12. The first-order valence-corrected chi connectivity index (χ1v) is 10.2. The van der Waals surface area contributed by atoms with E-state index in [0.717, 1.165) is 31.5 Å². The molecule has 3 fully saturated rings. The lowest BCUT2D eigenvalue weighted by atomic mass is 9.91. The second kappa shape index (κ2) is 7.39. The van der Waals surface area contributed by atoms with Gasteiger partial charge in [0.25, 0.3) is 0 Å². The van der Waals surface area contributed by atoms with Crippen LogP contribution in [-0.4, -0.2) is 65.2 Å². The molecule has 7 heteroatoms. The van der Waals surface area contributed by atoms with E-state index < -0.39 is 0 Å². The average molecular weight is 396 g/mol. The Kier molecular flexibility index (Phi) is 4.72. The summed E-state index contributed by atoms with van der Waals surface area (Å²) in [6, 6.07) is 10.5. The third-order valence-electron chi connectivity index (χ3n) is 6.31. The van der Waals surface area contributed by atoms with E-state index in [1.807, 2.05) is 29.4 Å². The largest absolute Gasteiger partial charge is 0.371 e. The predicted molar refractivity (Wildman–Crippen MR) is 107 cm³/mol. The molecule has 2 aromatic rings. The molecule has 1 aromatic heterocycles. The van der Waals surface area contributed by atoms with Gasteiger partial charge in [0, 0.05) is 44.3 Å². The first kappa shape index (κ1) is 18.5. The molecular formula is C22H25FN4O2. The number of anilines is 1. The highest BCUT2D eigenvalue weighted by molar-refractivity contribution is 5.79. The van der Waals surface area contributed by atoms with Crippen molar-refractivity contribution in [3.63, 3.8) is 0 Å². The zero-order chi connectivity index (χ0) is 19.8. The maximum absolute atomic E-state index is 13.1. The third kappa shape index (κ3) is 3.72. The van der Waals surface area contributed by atoms with Crippen LogP contribution in [0, 0.1) is 5.82 Å². The van der Waals surface area contributed by atoms with E-state index in [9.17, 15) is 9.18 Å². The first-order chi connectivity index (χ1) is 14.1. The number of amides is 1. The fourth-order valence-corrected chi connectivity index (χ4v) is 4.73. The van der Waals surface area contributed by atoms with E-state index in [1.54, 1.807) is 12.1 Å². The van der Waals surface area contributed by atoms with Gasteiger partial charge in [-0.05, 0) is 42.7 Å². The number of aromatic nitrogens is 1.